The average molecular weight is 329 g/mol. The molecule has 1 aromatic carbocycles. The van der Waals surface area contributed by atoms with Gasteiger partial charge in [-0.05, 0) is 25.0 Å². The number of amides is 1. The zero-order valence-corrected chi connectivity index (χ0v) is 13.4. The van der Waals surface area contributed by atoms with E-state index in [0.717, 1.165) is 5.69 Å². The normalized spacial score (nSPS) is 15.3. The van der Waals surface area contributed by atoms with Crippen molar-refractivity contribution in [1.82, 2.24) is 14.7 Å². The van der Waals surface area contributed by atoms with Gasteiger partial charge in [0.15, 0.2) is 11.4 Å². The fraction of sp³-hybridized carbons (Fsp3) is 0.353. The van der Waals surface area contributed by atoms with Gasteiger partial charge in [0, 0.05) is 13.1 Å². The lowest BCUT2D eigenvalue weighted by Gasteiger charge is -2.29. The summed E-state index contributed by atoms with van der Waals surface area (Å²) in [6.07, 6.45) is 2.60. The summed E-state index contributed by atoms with van der Waals surface area (Å²) >= 11 is 0. The van der Waals surface area contributed by atoms with Crippen molar-refractivity contribution in [2.24, 2.45) is 5.92 Å². The fourth-order valence-corrected chi connectivity index (χ4v) is 2.85. The Morgan fingerprint density at radius 3 is 2.46 bits per heavy atom. The van der Waals surface area contributed by atoms with Gasteiger partial charge in [0.25, 0.3) is 5.91 Å². The maximum Gasteiger partial charge on any atom is 0.306 e. The van der Waals surface area contributed by atoms with E-state index in [1.807, 2.05) is 30.3 Å². The highest BCUT2D eigenvalue weighted by Crippen LogP contribution is 2.24. The zero-order chi connectivity index (χ0) is 17.1. The highest BCUT2D eigenvalue weighted by atomic mass is 16.5. The fourth-order valence-electron chi connectivity index (χ4n) is 2.85. The van der Waals surface area contributed by atoms with E-state index in [-0.39, 0.29) is 17.5 Å². The number of likely N-dealkylation sites (tertiary alicyclic amines) is 1. The van der Waals surface area contributed by atoms with Gasteiger partial charge in [0.2, 0.25) is 0 Å². The van der Waals surface area contributed by atoms with Crippen molar-refractivity contribution < 1.29 is 19.4 Å². The molecule has 1 aliphatic heterocycles. The summed E-state index contributed by atoms with van der Waals surface area (Å²) < 4.78 is 6.90. The number of benzene rings is 1. The monoisotopic (exact) mass is 329 g/mol. The number of ether oxygens (including phenoxy) is 1. The summed E-state index contributed by atoms with van der Waals surface area (Å²) in [4.78, 5) is 25.4. The van der Waals surface area contributed by atoms with E-state index >= 15 is 0 Å². The van der Waals surface area contributed by atoms with Gasteiger partial charge in [-0.2, -0.15) is 5.10 Å². The third-order valence-corrected chi connectivity index (χ3v) is 4.26. The van der Waals surface area contributed by atoms with Crippen LogP contribution in [0.5, 0.6) is 5.75 Å². The van der Waals surface area contributed by atoms with Crippen molar-refractivity contribution in [3.8, 4) is 11.4 Å². The predicted molar refractivity (Wildman–Crippen MR) is 86.4 cm³/mol. The van der Waals surface area contributed by atoms with Crippen LogP contribution >= 0.6 is 0 Å². The molecule has 2 heterocycles. The Kier molecular flexibility index (Phi) is 4.50. The molecule has 3 rings (SSSR count). The van der Waals surface area contributed by atoms with E-state index < -0.39 is 5.97 Å². The number of methoxy groups -OCH3 is 1. The van der Waals surface area contributed by atoms with Crippen LogP contribution in [0.4, 0.5) is 0 Å². The lowest BCUT2D eigenvalue weighted by atomic mass is 9.97. The van der Waals surface area contributed by atoms with Crippen LogP contribution in [0.25, 0.3) is 5.69 Å². The quantitative estimate of drug-likeness (QED) is 0.925. The number of carbonyl (C=O) groups excluding carboxylic acids is 1. The number of aromatic nitrogens is 2. The molecule has 0 atom stereocenters. The van der Waals surface area contributed by atoms with Gasteiger partial charge in [-0.25, -0.2) is 4.68 Å². The molecule has 1 fully saturated rings. The first-order valence-electron chi connectivity index (χ1n) is 7.81. The summed E-state index contributed by atoms with van der Waals surface area (Å²) in [6, 6.07) is 9.46. The number of nitrogens with zero attached hydrogens (tertiary/aromatic N) is 3. The number of aliphatic carboxylic acids is 1. The van der Waals surface area contributed by atoms with E-state index in [9.17, 15) is 9.59 Å². The Morgan fingerprint density at radius 1 is 1.21 bits per heavy atom. The Bertz CT molecular complexity index is 734. The third kappa shape index (κ3) is 3.10. The van der Waals surface area contributed by atoms with Crippen molar-refractivity contribution in [2.45, 2.75) is 12.8 Å². The van der Waals surface area contributed by atoms with Crippen molar-refractivity contribution >= 4 is 11.9 Å². The molecule has 2 aromatic rings. The number of hydrogen-bond donors (Lipinski definition) is 1. The molecule has 7 heteroatoms. The van der Waals surface area contributed by atoms with Crippen molar-refractivity contribution in [2.75, 3.05) is 20.2 Å². The van der Waals surface area contributed by atoms with E-state index in [4.69, 9.17) is 9.84 Å². The first-order chi connectivity index (χ1) is 11.6. The summed E-state index contributed by atoms with van der Waals surface area (Å²) in [5.41, 5.74) is 1.08. The second kappa shape index (κ2) is 6.74. The summed E-state index contributed by atoms with van der Waals surface area (Å²) in [5, 5.41) is 13.4. The number of carbonyl (C=O) groups is 2. The first-order valence-corrected chi connectivity index (χ1v) is 7.81. The van der Waals surface area contributed by atoms with E-state index in [2.05, 4.69) is 5.10 Å². The second-order valence-electron chi connectivity index (χ2n) is 5.73. The van der Waals surface area contributed by atoms with E-state index in [0.29, 0.717) is 31.7 Å². The number of carboxylic acid groups (broad SMARTS) is 1. The molecule has 0 aliphatic carbocycles. The van der Waals surface area contributed by atoms with Gasteiger partial charge in [0.1, 0.15) is 0 Å². The summed E-state index contributed by atoms with van der Waals surface area (Å²) in [6.45, 7) is 0.828. The van der Waals surface area contributed by atoms with Gasteiger partial charge in [-0.1, -0.05) is 18.2 Å². The minimum atomic E-state index is -0.798. The molecular weight excluding hydrogens is 310 g/mol. The van der Waals surface area contributed by atoms with Crippen LogP contribution in [-0.2, 0) is 4.79 Å². The van der Waals surface area contributed by atoms with E-state index in [1.54, 1.807) is 15.8 Å². The largest absolute Gasteiger partial charge is 0.493 e. The topological polar surface area (TPSA) is 84.7 Å². The Hall–Kier alpha value is -2.83. The maximum atomic E-state index is 12.7. The lowest BCUT2D eigenvalue weighted by molar-refractivity contribution is -0.143. The summed E-state index contributed by atoms with van der Waals surface area (Å²) in [7, 11) is 1.50. The number of para-hydroxylation sites is 1. The number of carboxylic acids is 1. The van der Waals surface area contributed by atoms with Crippen molar-refractivity contribution in [3.63, 3.8) is 0 Å². The van der Waals surface area contributed by atoms with Crippen molar-refractivity contribution in [1.29, 1.82) is 0 Å². The first kappa shape index (κ1) is 16.0. The number of piperidine rings is 1. The molecule has 1 saturated heterocycles. The summed E-state index contributed by atoms with van der Waals surface area (Å²) in [5.74, 6) is -1.000. The molecule has 1 aliphatic rings. The van der Waals surface area contributed by atoms with Gasteiger partial charge in [-0.3, -0.25) is 9.59 Å². The number of rotatable bonds is 4. The van der Waals surface area contributed by atoms with Crippen LogP contribution in [0, 0.1) is 5.92 Å². The van der Waals surface area contributed by atoms with Gasteiger partial charge < -0.3 is 14.7 Å². The van der Waals surface area contributed by atoms with Crippen LogP contribution in [-0.4, -0.2) is 51.9 Å². The Labute approximate surface area is 139 Å². The lowest BCUT2D eigenvalue weighted by Crippen LogP contribution is -2.40. The smallest absolute Gasteiger partial charge is 0.306 e. The second-order valence-corrected chi connectivity index (χ2v) is 5.73. The molecular formula is C17H19N3O4. The van der Waals surface area contributed by atoms with Crippen LogP contribution in [0.2, 0.25) is 0 Å². The van der Waals surface area contributed by atoms with Crippen LogP contribution < -0.4 is 4.74 Å². The average Bonchev–Trinajstić information content (AvgIpc) is 3.06. The maximum absolute atomic E-state index is 12.7. The van der Waals surface area contributed by atoms with Gasteiger partial charge in [0.05, 0.1) is 24.9 Å². The molecule has 24 heavy (non-hydrogen) atoms. The van der Waals surface area contributed by atoms with E-state index in [1.165, 1.54) is 7.11 Å². The van der Waals surface area contributed by atoms with Crippen LogP contribution in [0.1, 0.15) is 23.3 Å². The van der Waals surface area contributed by atoms with Crippen molar-refractivity contribution in [3.05, 3.63) is 42.2 Å². The highest BCUT2D eigenvalue weighted by Gasteiger charge is 2.30. The molecule has 0 radical (unpaired) electrons. The Balaban J connectivity index is 1.80. The molecule has 1 amide bonds. The molecule has 0 spiro atoms. The predicted octanol–water partition coefficient (Wildman–Crippen LogP) is 1.82. The minimum Gasteiger partial charge on any atom is -0.493 e. The zero-order valence-electron chi connectivity index (χ0n) is 13.4. The van der Waals surface area contributed by atoms with Gasteiger partial charge in [-0.15, -0.1) is 0 Å². The molecule has 0 saturated carbocycles. The molecule has 0 bridgehead atoms. The molecule has 1 aromatic heterocycles. The highest BCUT2D eigenvalue weighted by molar-refractivity contribution is 5.95. The van der Waals surface area contributed by atoms with Crippen LogP contribution in [0.15, 0.2) is 36.5 Å². The minimum absolute atomic E-state index is 0.231. The Morgan fingerprint density at radius 2 is 1.88 bits per heavy atom. The number of hydrogen-bond acceptors (Lipinski definition) is 4. The molecule has 7 nitrogen and oxygen atoms in total. The molecule has 1 N–H and O–H groups in total. The third-order valence-electron chi connectivity index (χ3n) is 4.26. The molecule has 0 unspecified atom stereocenters. The SMILES string of the molecule is COc1cn(-c2ccccc2)nc1C(=O)N1CCC(C(=O)O)CC1. The standard InChI is InChI=1S/C17H19N3O4/c1-24-14-11-20(13-5-3-2-4-6-13)18-15(14)16(21)19-9-7-12(8-10-19)17(22)23/h2-6,11-12H,7-10H2,1H3,(H,22,23). The molecule has 126 valence electrons. The van der Waals surface area contributed by atoms with Crippen LogP contribution in [0.3, 0.4) is 0 Å². The van der Waals surface area contributed by atoms with Gasteiger partial charge >= 0.3 is 5.97 Å².